The van der Waals surface area contributed by atoms with E-state index in [2.05, 4.69) is 32.9 Å². The SMILES string of the molecule is CCCCC=CCCc1cc(O)c2c(c1)OC1(O)CCC(=C(C)C)C2C1. The second-order valence-corrected chi connectivity index (χ2v) is 8.01. The lowest BCUT2D eigenvalue weighted by Gasteiger charge is -2.44. The lowest BCUT2D eigenvalue weighted by molar-refractivity contribution is -0.165. The minimum atomic E-state index is -1.10. The van der Waals surface area contributed by atoms with E-state index in [-0.39, 0.29) is 5.92 Å². The fourth-order valence-electron chi connectivity index (χ4n) is 4.27. The minimum Gasteiger partial charge on any atom is -0.507 e. The summed E-state index contributed by atoms with van der Waals surface area (Å²) in [4.78, 5) is 0. The Balaban J connectivity index is 1.82. The van der Waals surface area contributed by atoms with Crippen molar-refractivity contribution in [2.75, 3.05) is 0 Å². The van der Waals surface area contributed by atoms with E-state index >= 15 is 0 Å². The van der Waals surface area contributed by atoms with Crippen LogP contribution in [0, 0.1) is 0 Å². The first kappa shape index (κ1) is 19.0. The molecule has 3 nitrogen and oxygen atoms in total. The Morgan fingerprint density at radius 3 is 2.77 bits per heavy atom. The number of hydrogen-bond donors (Lipinski definition) is 2. The molecule has 1 aromatic rings. The highest BCUT2D eigenvalue weighted by molar-refractivity contribution is 5.55. The standard InChI is InChI=1S/C23H32O3/c1-4-5-6-7-8-9-10-17-13-20(24)22-19-15-23(25,26-21(22)14-17)12-11-18(19)16(2)3/h7-8,13-14,19,24-25H,4-6,9-12,15H2,1-3H3. The van der Waals surface area contributed by atoms with Crippen LogP contribution in [0.25, 0.3) is 0 Å². The molecule has 1 heterocycles. The van der Waals surface area contributed by atoms with Gasteiger partial charge in [0, 0.05) is 24.3 Å². The Hall–Kier alpha value is -1.74. The van der Waals surface area contributed by atoms with Gasteiger partial charge in [0.1, 0.15) is 11.5 Å². The number of aliphatic hydroxyl groups is 1. The van der Waals surface area contributed by atoms with Gasteiger partial charge in [0.25, 0.3) is 0 Å². The molecule has 3 rings (SSSR count). The number of allylic oxidation sites excluding steroid dienone is 4. The second kappa shape index (κ2) is 7.87. The number of unbranched alkanes of at least 4 members (excludes halogenated alkanes) is 2. The molecule has 1 saturated carbocycles. The van der Waals surface area contributed by atoms with Crippen LogP contribution in [0.5, 0.6) is 11.5 Å². The van der Waals surface area contributed by atoms with Crippen molar-refractivity contribution in [3.8, 4) is 11.5 Å². The van der Waals surface area contributed by atoms with Crippen molar-refractivity contribution in [3.63, 3.8) is 0 Å². The van der Waals surface area contributed by atoms with Crippen LogP contribution in [-0.4, -0.2) is 16.0 Å². The van der Waals surface area contributed by atoms with Crippen LogP contribution in [0.3, 0.4) is 0 Å². The molecule has 26 heavy (non-hydrogen) atoms. The number of aryl methyl sites for hydroxylation is 1. The highest BCUT2D eigenvalue weighted by Gasteiger charge is 2.46. The zero-order chi connectivity index (χ0) is 18.7. The number of fused-ring (bicyclic) bond motifs is 4. The molecule has 3 heteroatoms. The third kappa shape index (κ3) is 3.98. The van der Waals surface area contributed by atoms with Crippen LogP contribution in [-0.2, 0) is 6.42 Å². The number of benzene rings is 1. The smallest absolute Gasteiger partial charge is 0.209 e. The van der Waals surface area contributed by atoms with E-state index in [1.165, 1.54) is 24.0 Å². The van der Waals surface area contributed by atoms with Gasteiger partial charge in [0.2, 0.25) is 5.79 Å². The molecule has 1 aliphatic heterocycles. The van der Waals surface area contributed by atoms with E-state index in [0.29, 0.717) is 24.3 Å². The minimum absolute atomic E-state index is 0.0606. The van der Waals surface area contributed by atoms with Gasteiger partial charge in [-0.2, -0.15) is 0 Å². The maximum absolute atomic E-state index is 10.8. The zero-order valence-corrected chi connectivity index (χ0v) is 16.3. The van der Waals surface area contributed by atoms with E-state index in [0.717, 1.165) is 36.8 Å². The quantitative estimate of drug-likeness (QED) is 0.503. The van der Waals surface area contributed by atoms with Crippen molar-refractivity contribution in [2.24, 2.45) is 0 Å². The summed E-state index contributed by atoms with van der Waals surface area (Å²) in [6, 6.07) is 3.89. The van der Waals surface area contributed by atoms with E-state index in [9.17, 15) is 10.2 Å². The summed E-state index contributed by atoms with van der Waals surface area (Å²) in [6.07, 6.45) is 11.8. The lowest BCUT2D eigenvalue weighted by atomic mass is 9.72. The molecule has 142 valence electrons. The average Bonchev–Trinajstić information content (AvgIpc) is 2.56. The zero-order valence-electron chi connectivity index (χ0n) is 16.3. The molecular formula is C23H32O3. The molecule has 0 amide bonds. The summed E-state index contributed by atoms with van der Waals surface area (Å²) in [5.74, 6) is -0.0697. The fraction of sp³-hybridized carbons (Fsp3) is 0.565. The van der Waals surface area contributed by atoms with Crippen molar-refractivity contribution in [1.29, 1.82) is 0 Å². The summed E-state index contributed by atoms with van der Waals surface area (Å²) in [6.45, 7) is 6.43. The highest BCUT2D eigenvalue weighted by atomic mass is 16.6. The van der Waals surface area contributed by atoms with E-state index in [1.807, 2.05) is 12.1 Å². The molecule has 1 aliphatic carbocycles. The largest absolute Gasteiger partial charge is 0.507 e. The number of phenolic OH excluding ortho intramolecular Hbond substituents is 1. The predicted octanol–water partition coefficient (Wildman–Crippen LogP) is 5.76. The van der Waals surface area contributed by atoms with Gasteiger partial charge < -0.3 is 14.9 Å². The predicted molar refractivity (Wildman–Crippen MR) is 106 cm³/mol. The van der Waals surface area contributed by atoms with Crippen molar-refractivity contribution in [1.82, 2.24) is 0 Å². The molecule has 1 fully saturated rings. The van der Waals surface area contributed by atoms with Gasteiger partial charge in [0.15, 0.2) is 0 Å². The first-order valence-electron chi connectivity index (χ1n) is 10.0. The number of rotatable bonds is 6. The molecule has 2 N–H and O–H groups in total. The first-order chi connectivity index (χ1) is 12.4. The van der Waals surface area contributed by atoms with Crippen molar-refractivity contribution in [3.05, 3.63) is 46.6 Å². The van der Waals surface area contributed by atoms with E-state index in [1.54, 1.807) is 0 Å². The van der Waals surface area contributed by atoms with Gasteiger partial charge in [-0.3, -0.25) is 0 Å². The molecular weight excluding hydrogens is 324 g/mol. The molecule has 0 saturated heterocycles. The Morgan fingerprint density at radius 2 is 2.04 bits per heavy atom. The highest BCUT2D eigenvalue weighted by Crippen LogP contribution is 2.54. The second-order valence-electron chi connectivity index (χ2n) is 8.01. The van der Waals surface area contributed by atoms with Crippen LogP contribution < -0.4 is 4.74 Å². The molecule has 2 unspecified atom stereocenters. The van der Waals surface area contributed by atoms with Gasteiger partial charge in [-0.05, 0) is 57.2 Å². The van der Waals surface area contributed by atoms with Crippen LogP contribution in [0.15, 0.2) is 35.4 Å². The van der Waals surface area contributed by atoms with Crippen molar-refractivity contribution < 1.29 is 14.9 Å². The summed E-state index contributed by atoms with van der Waals surface area (Å²) >= 11 is 0. The fourth-order valence-corrected chi connectivity index (χ4v) is 4.27. The summed E-state index contributed by atoms with van der Waals surface area (Å²) < 4.78 is 5.95. The summed E-state index contributed by atoms with van der Waals surface area (Å²) in [5, 5.41) is 21.5. The Morgan fingerprint density at radius 1 is 1.27 bits per heavy atom. The molecule has 0 spiro atoms. The Bertz CT molecular complexity index is 712. The number of aromatic hydroxyl groups is 1. The van der Waals surface area contributed by atoms with Crippen molar-refractivity contribution in [2.45, 2.75) is 83.8 Å². The number of hydrogen-bond acceptors (Lipinski definition) is 3. The van der Waals surface area contributed by atoms with Gasteiger partial charge in [-0.25, -0.2) is 0 Å². The van der Waals surface area contributed by atoms with Gasteiger partial charge >= 0.3 is 0 Å². The Kier molecular flexibility index (Phi) is 5.76. The van der Waals surface area contributed by atoms with Gasteiger partial charge in [0.05, 0.1) is 0 Å². The molecule has 1 aromatic carbocycles. The van der Waals surface area contributed by atoms with E-state index in [4.69, 9.17) is 4.74 Å². The third-order valence-corrected chi connectivity index (χ3v) is 5.69. The van der Waals surface area contributed by atoms with Crippen LogP contribution in [0.1, 0.15) is 82.8 Å². The third-order valence-electron chi connectivity index (χ3n) is 5.69. The molecule has 2 aliphatic rings. The number of ether oxygens (including phenoxy) is 1. The van der Waals surface area contributed by atoms with Crippen LogP contribution in [0.4, 0.5) is 0 Å². The maximum Gasteiger partial charge on any atom is 0.209 e. The molecule has 0 radical (unpaired) electrons. The molecule has 0 aromatic heterocycles. The lowest BCUT2D eigenvalue weighted by Crippen LogP contribution is -2.44. The molecule has 2 bridgehead atoms. The first-order valence-corrected chi connectivity index (χ1v) is 10.0. The van der Waals surface area contributed by atoms with Crippen molar-refractivity contribution >= 4 is 0 Å². The Labute approximate surface area is 157 Å². The number of phenols is 1. The van der Waals surface area contributed by atoms with E-state index < -0.39 is 5.79 Å². The molecule has 2 atom stereocenters. The normalized spacial score (nSPS) is 24.5. The summed E-state index contributed by atoms with van der Waals surface area (Å²) in [7, 11) is 0. The maximum atomic E-state index is 10.8. The topological polar surface area (TPSA) is 49.7 Å². The monoisotopic (exact) mass is 356 g/mol. The van der Waals surface area contributed by atoms with Crippen LogP contribution in [0.2, 0.25) is 0 Å². The van der Waals surface area contributed by atoms with Crippen LogP contribution >= 0.6 is 0 Å². The van der Waals surface area contributed by atoms with Gasteiger partial charge in [-0.1, -0.05) is 43.1 Å². The average molecular weight is 357 g/mol. The summed E-state index contributed by atoms with van der Waals surface area (Å²) in [5.41, 5.74) is 4.53. The van der Waals surface area contributed by atoms with Gasteiger partial charge in [-0.15, -0.1) is 0 Å².